The summed E-state index contributed by atoms with van der Waals surface area (Å²) < 4.78 is 83.5. The highest BCUT2D eigenvalue weighted by molar-refractivity contribution is 5.70. The van der Waals surface area contributed by atoms with Crippen LogP contribution in [0.1, 0.15) is 31.7 Å². The van der Waals surface area contributed by atoms with E-state index in [0.717, 1.165) is 49.4 Å². The van der Waals surface area contributed by atoms with Gasteiger partial charge in [0, 0.05) is 18.0 Å². The number of hydrogen-bond donors (Lipinski definition) is 0. The van der Waals surface area contributed by atoms with Gasteiger partial charge in [-0.15, -0.1) is 13.2 Å². The van der Waals surface area contributed by atoms with E-state index in [4.69, 9.17) is 0 Å². The molecule has 2 aromatic carbocycles. The van der Waals surface area contributed by atoms with Gasteiger partial charge in [-0.2, -0.15) is 0 Å². The Morgan fingerprint density at radius 3 is 2.00 bits per heavy atom. The Morgan fingerprint density at radius 1 is 0.839 bits per heavy atom. The predicted octanol–water partition coefficient (Wildman–Crippen LogP) is 6.86. The van der Waals surface area contributed by atoms with Crippen LogP contribution in [0.4, 0.5) is 26.3 Å². The Labute approximate surface area is 174 Å². The molecule has 0 atom stereocenters. The Balaban J connectivity index is 1.86. The van der Waals surface area contributed by atoms with Gasteiger partial charge in [0.2, 0.25) is 0 Å². The highest BCUT2D eigenvalue weighted by Gasteiger charge is 2.32. The molecule has 1 heterocycles. The monoisotopic (exact) mass is 440 g/mol. The third-order valence-electron chi connectivity index (χ3n) is 4.52. The zero-order chi connectivity index (χ0) is 22.6. The summed E-state index contributed by atoms with van der Waals surface area (Å²) in [5, 5.41) is 0. The molecule has 0 amide bonds. The molecule has 0 aliphatic rings. The van der Waals surface area contributed by atoms with Crippen molar-refractivity contribution < 1.29 is 31.1 Å². The Bertz CT molecular complexity index is 1030. The first-order valence-corrected chi connectivity index (χ1v) is 9.54. The fourth-order valence-corrected chi connectivity index (χ4v) is 3.05. The van der Waals surface area contributed by atoms with Gasteiger partial charge < -0.3 is 4.74 Å². The lowest BCUT2D eigenvalue weighted by molar-refractivity contribution is -0.275. The Hall–Kier alpha value is -3.10. The second kappa shape index (κ2) is 9.36. The van der Waals surface area contributed by atoms with Crippen LogP contribution < -0.4 is 4.74 Å². The van der Waals surface area contributed by atoms with Crippen LogP contribution in [0.2, 0.25) is 0 Å². The van der Waals surface area contributed by atoms with Gasteiger partial charge in [-0.05, 0) is 48.2 Å². The summed E-state index contributed by atoms with van der Waals surface area (Å²) in [4.78, 5) is 8.29. The van der Waals surface area contributed by atoms with Gasteiger partial charge in [-0.3, -0.25) is 0 Å². The normalized spacial score (nSPS) is 11.6. The van der Waals surface area contributed by atoms with Crippen LogP contribution in [0.15, 0.2) is 42.7 Å². The minimum Gasteiger partial charge on any atom is -0.403 e. The number of nitrogens with zero attached hydrogens (tertiary/aromatic N) is 2. The molecule has 1 aromatic heterocycles. The van der Waals surface area contributed by atoms with Crippen molar-refractivity contribution in [2.24, 2.45) is 0 Å². The lowest BCUT2D eigenvalue weighted by Crippen LogP contribution is -2.17. The molecule has 0 saturated heterocycles. The van der Waals surface area contributed by atoms with E-state index in [1.165, 1.54) is 0 Å². The van der Waals surface area contributed by atoms with Crippen LogP contribution in [0, 0.1) is 17.5 Å². The molecule has 3 rings (SSSR count). The zero-order valence-electron chi connectivity index (χ0n) is 16.4. The summed E-state index contributed by atoms with van der Waals surface area (Å²) in [5.41, 5.74) is 0.126. The summed E-state index contributed by atoms with van der Waals surface area (Å²) in [5.74, 6) is -4.45. The molecule has 31 heavy (non-hydrogen) atoms. The van der Waals surface area contributed by atoms with Gasteiger partial charge in [0.15, 0.2) is 17.4 Å². The van der Waals surface area contributed by atoms with Crippen molar-refractivity contribution in [3.05, 3.63) is 65.7 Å². The second-order valence-electron chi connectivity index (χ2n) is 6.88. The number of hydrogen-bond acceptors (Lipinski definition) is 3. The van der Waals surface area contributed by atoms with Crippen molar-refractivity contribution in [1.82, 2.24) is 9.97 Å². The number of halogens is 6. The average Bonchev–Trinajstić information content (AvgIpc) is 2.69. The predicted molar refractivity (Wildman–Crippen MR) is 103 cm³/mol. The van der Waals surface area contributed by atoms with E-state index in [-0.39, 0.29) is 17.0 Å². The van der Waals surface area contributed by atoms with Gasteiger partial charge in [0.05, 0.1) is 5.56 Å². The lowest BCUT2D eigenvalue weighted by atomic mass is 10.0. The maximum absolute atomic E-state index is 14.6. The maximum Gasteiger partial charge on any atom is 0.573 e. The van der Waals surface area contributed by atoms with Crippen molar-refractivity contribution >= 4 is 0 Å². The molecule has 0 unspecified atom stereocenters. The second-order valence-corrected chi connectivity index (χ2v) is 6.88. The molecule has 0 spiro atoms. The van der Waals surface area contributed by atoms with Gasteiger partial charge in [0.25, 0.3) is 0 Å². The third-order valence-corrected chi connectivity index (χ3v) is 4.52. The number of rotatable bonds is 7. The van der Waals surface area contributed by atoms with E-state index in [2.05, 4.69) is 21.6 Å². The van der Waals surface area contributed by atoms with Crippen LogP contribution >= 0.6 is 0 Å². The molecule has 0 fully saturated rings. The fourth-order valence-electron chi connectivity index (χ4n) is 3.05. The highest BCUT2D eigenvalue weighted by Crippen LogP contribution is 2.33. The van der Waals surface area contributed by atoms with E-state index in [0.29, 0.717) is 12.1 Å². The number of ether oxygens (including phenoxy) is 1. The summed E-state index contributed by atoms with van der Waals surface area (Å²) in [6, 6.07) is 4.15. The van der Waals surface area contributed by atoms with Crippen molar-refractivity contribution in [2.75, 3.05) is 0 Å². The van der Waals surface area contributed by atoms with Crippen molar-refractivity contribution in [2.45, 2.75) is 39.0 Å². The minimum atomic E-state index is -5.09. The molecular formula is C22H18F6N2O. The molecule has 3 nitrogen and oxygen atoms in total. The van der Waals surface area contributed by atoms with E-state index < -0.39 is 35.1 Å². The number of unbranched alkanes of at least 4 members (excludes halogenated alkanes) is 2. The highest BCUT2D eigenvalue weighted by atomic mass is 19.4. The first-order valence-electron chi connectivity index (χ1n) is 9.54. The number of aromatic nitrogens is 2. The number of aryl methyl sites for hydroxylation is 1. The maximum atomic E-state index is 14.6. The van der Waals surface area contributed by atoms with Crippen molar-refractivity contribution in [3.8, 4) is 28.3 Å². The molecule has 0 saturated carbocycles. The van der Waals surface area contributed by atoms with Crippen molar-refractivity contribution in [1.29, 1.82) is 0 Å². The molecule has 0 bridgehead atoms. The van der Waals surface area contributed by atoms with Gasteiger partial charge >= 0.3 is 6.36 Å². The molecule has 0 N–H and O–H groups in total. The smallest absolute Gasteiger partial charge is 0.403 e. The zero-order valence-corrected chi connectivity index (χ0v) is 16.4. The van der Waals surface area contributed by atoms with Crippen LogP contribution in [0.5, 0.6) is 5.75 Å². The van der Waals surface area contributed by atoms with E-state index in [9.17, 15) is 26.3 Å². The molecule has 3 aromatic rings. The van der Waals surface area contributed by atoms with Crippen LogP contribution in [-0.2, 0) is 6.42 Å². The van der Waals surface area contributed by atoms with Gasteiger partial charge in [0.1, 0.15) is 11.6 Å². The van der Waals surface area contributed by atoms with Crippen molar-refractivity contribution in [3.63, 3.8) is 0 Å². The Morgan fingerprint density at radius 2 is 1.45 bits per heavy atom. The molecular weight excluding hydrogens is 422 g/mol. The quantitative estimate of drug-likeness (QED) is 0.297. The molecule has 164 valence electrons. The molecule has 0 radical (unpaired) electrons. The van der Waals surface area contributed by atoms with Gasteiger partial charge in [-0.1, -0.05) is 25.8 Å². The SMILES string of the molecule is CCCCCc1cnc(-c2cc(F)c(-c3ccc(OC(F)(F)F)c(F)c3)c(F)c2)nc1. The van der Waals surface area contributed by atoms with Gasteiger partial charge in [-0.25, -0.2) is 23.1 Å². The molecule has 9 heteroatoms. The number of alkyl halides is 3. The standard InChI is InChI=1S/C22H18F6N2O/c1-2-3-4-5-13-11-29-21(30-12-13)15-9-17(24)20(18(25)10-15)14-6-7-19(16(23)8-14)31-22(26,27)28/h6-12H,2-5H2,1H3. The first kappa shape index (κ1) is 22.6. The largest absolute Gasteiger partial charge is 0.573 e. The summed E-state index contributed by atoms with van der Waals surface area (Å²) >= 11 is 0. The topological polar surface area (TPSA) is 35.0 Å². The third kappa shape index (κ3) is 5.74. The summed E-state index contributed by atoms with van der Waals surface area (Å²) in [6.07, 6.45) is 2.03. The lowest BCUT2D eigenvalue weighted by Gasteiger charge is -2.12. The van der Waals surface area contributed by atoms with Crippen LogP contribution in [0.25, 0.3) is 22.5 Å². The average molecular weight is 440 g/mol. The fraction of sp³-hybridized carbons (Fsp3) is 0.273. The summed E-state index contributed by atoms with van der Waals surface area (Å²) in [6.45, 7) is 2.09. The molecule has 0 aliphatic heterocycles. The van der Waals surface area contributed by atoms with E-state index in [1.807, 2.05) is 0 Å². The van der Waals surface area contributed by atoms with Crippen LogP contribution in [0.3, 0.4) is 0 Å². The Kier molecular flexibility index (Phi) is 6.82. The van der Waals surface area contributed by atoms with E-state index in [1.54, 1.807) is 12.4 Å². The number of benzene rings is 2. The summed E-state index contributed by atoms with van der Waals surface area (Å²) in [7, 11) is 0. The minimum absolute atomic E-state index is 0.0800. The van der Waals surface area contributed by atoms with E-state index >= 15 is 0 Å². The van der Waals surface area contributed by atoms with Crippen LogP contribution in [-0.4, -0.2) is 16.3 Å². The molecule has 0 aliphatic carbocycles. The first-order chi connectivity index (χ1) is 14.7.